The van der Waals surface area contributed by atoms with Crippen molar-refractivity contribution in [3.63, 3.8) is 0 Å². The van der Waals surface area contributed by atoms with E-state index in [-0.39, 0.29) is 0 Å². The average molecular weight is 184 g/mol. The van der Waals surface area contributed by atoms with Gasteiger partial charge in [-0.2, -0.15) is 0 Å². The van der Waals surface area contributed by atoms with E-state index in [1.807, 2.05) is 0 Å². The van der Waals surface area contributed by atoms with E-state index in [1.165, 1.54) is 0 Å². The van der Waals surface area contributed by atoms with E-state index in [0.717, 1.165) is 32.6 Å². The van der Waals surface area contributed by atoms with Crippen LogP contribution in [0.3, 0.4) is 0 Å². The van der Waals surface area contributed by atoms with E-state index in [4.69, 9.17) is 11.5 Å². The summed E-state index contributed by atoms with van der Waals surface area (Å²) in [5.74, 6) is 1.17. The first-order valence-electron chi connectivity index (χ1n) is 4.36. The topological polar surface area (TPSA) is 101 Å². The lowest BCUT2D eigenvalue weighted by molar-refractivity contribution is 0.736. The largest absolute Gasteiger partial charge is 0.370 e. The van der Waals surface area contributed by atoms with Crippen LogP contribution in [0.5, 0.6) is 0 Å². The van der Waals surface area contributed by atoms with Crippen LogP contribution in [0.15, 0.2) is 9.98 Å². The van der Waals surface area contributed by atoms with Crippen molar-refractivity contribution in [2.45, 2.75) is 6.42 Å². The van der Waals surface area contributed by atoms with Crippen molar-refractivity contribution in [1.82, 2.24) is 10.6 Å². The smallest absolute Gasteiger partial charge is 0.188 e. The number of nitrogens with one attached hydrogen (secondary N) is 2. The second-order valence-corrected chi connectivity index (χ2v) is 2.74. The summed E-state index contributed by atoms with van der Waals surface area (Å²) in [6.07, 6.45) is 1.11. The second kappa shape index (κ2) is 5.23. The third-order valence-electron chi connectivity index (χ3n) is 1.62. The molecular weight excluding hydrogens is 168 g/mol. The number of nitrogens with two attached hydrogens (primary N) is 2. The first-order chi connectivity index (χ1) is 6.29. The molecule has 0 saturated heterocycles. The molecule has 0 aliphatic carbocycles. The van der Waals surface area contributed by atoms with Gasteiger partial charge in [-0.25, -0.2) is 0 Å². The average Bonchev–Trinajstić information content (AvgIpc) is 2.58. The molecule has 0 aromatic rings. The minimum absolute atomic E-state index is 0.579. The molecule has 0 amide bonds. The van der Waals surface area contributed by atoms with Crippen LogP contribution in [0, 0.1) is 0 Å². The van der Waals surface area contributed by atoms with Crippen molar-refractivity contribution in [2.75, 3.05) is 26.2 Å². The minimum atomic E-state index is 0.579. The predicted molar refractivity (Wildman–Crippen MR) is 53.6 cm³/mol. The summed E-state index contributed by atoms with van der Waals surface area (Å²) in [6.45, 7) is 3.62. The molecule has 6 N–H and O–H groups in total. The maximum Gasteiger partial charge on any atom is 0.188 e. The van der Waals surface area contributed by atoms with Crippen LogP contribution in [0.2, 0.25) is 0 Å². The zero-order valence-corrected chi connectivity index (χ0v) is 7.58. The van der Waals surface area contributed by atoms with Gasteiger partial charge < -0.3 is 22.1 Å². The van der Waals surface area contributed by atoms with Crippen molar-refractivity contribution in [3.05, 3.63) is 0 Å². The first kappa shape index (κ1) is 9.63. The molecule has 2 heterocycles. The van der Waals surface area contributed by atoms with Crippen LogP contribution in [-0.4, -0.2) is 38.1 Å². The Bertz CT molecular complexity index is 209. The lowest BCUT2D eigenvalue weighted by Crippen LogP contribution is -2.35. The van der Waals surface area contributed by atoms with Gasteiger partial charge in [0.05, 0.1) is 6.54 Å². The molecule has 0 atom stereocenters. The normalized spacial score (nSPS) is 20.0. The van der Waals surface area contributed by atoms with E-state index in [2.05, 4.69) is 20.6 Å². The molecule has 0 saturated carbocycles. The monoisotopic (exact) mass is 184 g/mol. The van der Waals surface area contributed by atoms with Crippen molar-refractivity contribution < 1.29 is 0 Å². The fourth-order valence-electron chi connectivity index (χ4n) is 0.967. The van der Waals surface area contributed by atoms with Gasteiger partial charge in [0.25, 0.3) is 0 Å². The SMILES string of the molecule is NC1=NCCCN1.NC1=NCCN1. The van der Waals surface area contributed by atoms with Gasteiger partial charge in [0.1, 0.15) is 0 Å². The molecule has 2 aliphatic rings. The highest BCUT2D eigenvalue weighted by atomic mass is 15.1. The highest BCUT2D eigenvalue weighted by Crippen LogP contribution is 1.83. The zero-order valence-electron chi connectivity index (χ0n) is 7.58. The number of hydrogen-bond donors (Lipinski definition) is 4. The number of hydrogen-bond acceptors (Lipinski definition) is 6. The Morgan fingerprint density at radius 3 is 1.77 bits per heavy atom. The lowest BCUT2D eigenvalue weighted by Gasteiger charge is -2.08. The maximum atomic E-state index is 5.27. The Balaban J connectivity index is 0.000000132. The second-order valence-electron chi connectivity index (χ2n) is 2.74. The Hall–Kier alpha value is -1.46. The molecule has 0 fully saturated rings. The fraction of sp³-hybridized carbons (Fsp3) is 0.714. The number of rotatable bonds is 0. The highest BCUT2D eigenvalue weighted by molar-refractivity contribution is 5.79. The molecule has 13 heavy (non-hydrogen) atoms. The van der Waals surface area contributed by atoms with Gasteiger partial charge in [0.15, 0.2) is 11.9 Å². The van der Waals surface area contributed by atoms with E-state index in [0.29, 0.717) is 11.9 Å². The zero-order chi connectivity index (χ0) is 9.52. The number of aliphatic imine (C=N–C) groups is 2. The standard InChI is InChI=1S/C4H9N3.C3H7N3/c5-4-6-2-1-3-7-4;4-3-5-1-2-6-3/h1-3H2,(H3,5,6,7);1-2H2,(H3,4,5,6). The Morgan fingerprint density at radius 1 is 0.923 bits per heavy atom. The first-order valence-corrected chi connectivity index (χ1v) is 4.36. The van der Waals surface area contributed by atoms with E-state index in [1.54, 1.807) is 0 Å². The molecule has 6 nitrogen and oxygen atoms in total. The van der Waals surface area contributed by atoms with Gasteiger partial charge in [-0.15, -0.1) is 0 Å². The third-order valence-corrected chi connectivity index (χ3v) is 1.62. The molecule has 74 valence electrons. The summed E-state index contributed by atoms with van der Waals surface area (Å²) < 4.78 is 0. The molecular formula is C7H16N6. The van der Waals surface area contributed by atoms with Crippen molar-refractivity contribution in [3.8, 4) is 0 Å². The van der Waals surface area contributed by atoms with Crippen molar-refractivity contribution in [1.29, 1.82) is 0 Å². The summed E-state index contributed by atoms with van der Waals surface area (Å²) in [4.78, 5) is 7.73. The Morgan fingerprint density at radius 2 is 1.54 bits per heavy atom. The molecule has 2 rings (SSSR count). The summed E-state index contributed by atoms with van der Waals surface area (Å²) in [6, 6.07) is 0. The van der Waals surface area contributed by atoms with E-state index < -0.39 is 0 Å². The minimum Gasteiger partial charge on any atom is -0.370 e. The highest BCUT2D eigenvalue weighted by Gasteiger charge is 1.95. The van der Waals surface area contributed by atoms with Gasteiger partial charge in [-0.3, -0.25) is 9.98 Å². The maximum absolute atomic E-state index is 5.27. The predicted octanol–water partition coefficient (Wildman–Crippen LogP) is -1.80. The molecule has 0 radical (unpaired) electrons. The molecule has 0 aromatic heterocycles. The van der Waals surface area contributed by atoms with Crippen LogP contribution < -0.4 is 22.1 Å². The molecule has 2 aliphatic heterocycles. The van der Waals surface area contributed by atoms with Crippen LogP contribution in [0.1, 0.15) is 6.42 Å². The summed E-state index contributed by atoms with van der Waals surface area (Å²) in [5.41, 5.74) is 10.4. The summed E-state index contributed by atoms with van der Waals surface area (Å²) in [5, 5.41) is 5.76. The third kappa shape index (κ3) is 4.19. The molecule has 0 spiro atoms. The van der Waals surface area contributed by atoms with Crippen LogP contribution in [0.25, 0.3) is 0 Å². The van der Waals surface area contributed by atoms with Gasteiger partial charge in [0, 0.05) is 19.6 Å². The van der Waals surface area contributed by atoms with Gasteiger partial charge in [-0.1, -0.05) is 0 Å². The molecule has 0 bridgehead atoms. The van der Waals surface area contributed by atoms with Gasteiger partial charge >= 0.3 is 0 Å². The quantitative estimate of drug-likeness (QED) is 0.357. The van der Waals surface area contributed by atoms with Crippen molar-refractivity contribution >= 4 is 11.9 Å². The van der Waals surface area contributed by atoms with E-state index >= 15 is 0 Å². The summed E-state index contributed by atoms with van der Waals surface area (Å²) in [7, 11) is 0. The Labute approximate surface area is 77.5 Å². The van der Waals surface area contributed by atoms with Gasteiger partial charge in [0.2, 0.25) is 0 Å². The lowest BCUT2D eigenvalue weighted by atomic mass is 10.4. The Kier molecular flexibility index (Phi) is 3.87. The number of nitrogens with zero attached hydrogens (tertiary/aromatic N) is 2. The summed E-state index contributed by atoms with van der Waals surface area (Å²) >= 11 is 0. The fourth-order valence-corrected chi connectivity index (χ4v) is 0.967. The molecule has 0 unspecified atom stereocenters. The van der Waals surface area contributed by atoms with E-state index in [9.17, 15) is 0 Å². The van der Waals surface area contributed by atoms with Crippen LogP contribution in [-0.2, 0) is 0 Å². The molecule has 6 heteroatoms. The molecule has 0 aromatic carbocycles. The number of guanidine groups is 2. The van der Waals surface area contributed by atoms with Crippen LogP contribution >= 0.6 is 0 Å². The van der Waals surface area contributed by atoms with Crippen molar-refractivity contribution in [2.24, 2.45) is 21.5 Å². The van der Waals surface area contributed by atoms with Crippen LogP contribution in [0.4, 0.5) is 0 Å². The van der Waals surface area contributed by atoms with Gasteiger partial charge in [-0.05, 0) is 6.42 Å².